The molecule has 0 aromatic carbocycles. The second-order valence-electron chi connectivity index (χ2n) is 2.72. The fourth-order valence-corrected chi connectivity index (χ4v) is 1.16. The molecule has 0 spiro atoms. The van der Waals surface area contributed by atoms with Crippen LogP contribution >= 0.6 is 12.2 Å². The normalized spacial score (nSPS) is 10.0. The number of hydrogen-bond donors (Lipinski definition) is 1. The first-order valence-electron chi connectivity index (χ1n) is 4.03. The van der Waals surface area contributed by atoms with Crippen molar-refractivity contribution in [3.05, 3.63) is 18.7 Å². The third-order valence-electron chi connectivity index (χ3n) is 1.65. The van der Waals surface area contributed by atoms with Gasteiger partial charge in [-0.05, 0) is 19.3 Å². The molecule has 0 aliphatic carbocycles. The van der Waals surface area contributed by atoms with Crippen molar-refractivity contribution in [2.75, 3.05) is 0 Å². The van der Waals surface area contributed by atoms with Crippen molar-refractivity contribution in [2.24, 2.45) is 5.73 Å². The largest absolute Gasteiger partial charge is 0.393 e. The number of thiocarbonyl (C=S) groups is 1. The van der Waals surface area contributed by atoms with Gasteiger partial charge in [0.1, 0.15) is 0 Å². The Labute approximate surface area is 77.6 Å². The van der Waals surface area contributed by atoms with E-state index in [1.165, 1.54) is 0 Å². The Kier molecular flexibility index (Phi) is 3.73. The minimum Gasteiger partial charge on any atom is -0.393 e. The fraction of sp³-hybridized carbons (Fsp3) is 0.500. The summed E-state index contributed by atoms with van der Waals surface area (Å²) in [6, 6.07) is 0. The Morgan fingerprint density at radius 2 is 2.33 bits per heavy atom. The molecule has 2 N–H and O–H groups in total. The first-order valence-corrected chi connectivity index (χ1v) is 4.44. The Hall–Kier alpha value is -0.900. The summed E-state index contributed by atoms with van der Waals surface area (Å²) < 4.78 is 2.06. The summed E-state index contributed by atoms with van der Waals surface area (Å²) in [5.41, 5.74) is 5.36. The zero-order chi connectivity index (χ0) is 8.81. The number of aromatic nitrogens is 2. The number of nitrogens with two attached hydrogens (primary N) is 1. The monoisotopic (exact) mass is 183 g/mol. The van der Waals surface area contributed by atoms with Crippen LogP contribution in [0.25, 0.3) is 0 Å². The zero-order valence-corrected chi connectivity index (χ0v) is 7.76. The van der Waals surface area contributed by atoms with Gasteiger partial charge in [-0.15, -0.1) is 0 Å². The number of aryl methyl sites for hydroxylation is 1. The highest BCUT2D eigenvalue weighted by Crippen LogP contribution is 1.98. The van der Waals surface area contributed by atoms with E-state index in [0.717, 1.165) is 25.8 Å². The molecule has 1 aromatic rings. The summed E-state index contributed by atoms with van der Waals surface area (Å²) in [5, 5.41) is 0. The lowest BCUT2D eigenvalue weighted by molar-refractivity contribution is 0.619. The van der Waals surface area contributed by atoms with E-state index >= 15 is 0 Å². The highest BCUT2D eigenvalue weighted by Gasteiger charge is 1.92. The van der Waals surface area contributed by atoms with Gasteiger partial charge in [-0.3, -0.25) is 0 Å². The summed E-state index contributed by atoms with van der Waals surface area (Å²) in [6.07, 6.45) is 8.58. The average molecular weight is 183 g/mol. The smallest absolute Gasteiger partial charge is 0.0945 e. The van der Waals surface area contributed by atoms with Crippen molar-refractivity contribution in [3.8, 4) is 0 Å². The van der Waals surface area contributed by atoms with Gasteiger partial charge in [0.25, 0.3) is 0 Å². The van der Waals surface area contributed by atoms with Crippen molar-refractivity contribution in [2.45, 2.75) is 25.8 Å². The van der Waals surface area contributed by atoms with E-state index in [0.29, 0.717) is 4.99 Å². The molecular formula is C8H13N3S. The van der Waals surface area contributed by atoms with Gasteiger partial charge in [0.2, 0.25) is 0 Å². The summed E-state index contributed by atoms with van der Waals surface area (Å²) in [7, 11) is 0. The molecule has 1 rings (SSSR count). The zero-order valence-electron chi connectivity index (χ0n) is 6.94. The van der Waals surface area contributed by atoms with E-state index < -0.39 is 0 Å². The molecule has 4 heteroatoms. The van der Waals surface area contributed by atoms with Gasteiger partial charge in [-0.2, -0.15) is 0 Å². The Morgan fingerprint density at radius 1 is 1.50 bits per heavy atom. The first kappa shape index (κ1) is 9.19. The molecule has 0 saturated heterocycles. The third-order valence-corrected chi connectivity index (χ3v) is 1.85. The SMILES string of the molecule is NC(=S)CCCCn1ccnc1. The average Bonchev–Trinajstić information content (AvgIpc) is 2.49. The van der Waals surface area contributed by atoms with Crippen LogP contribution in [0.4, 0.5) is 0 Å². The standard InChI is InChI=1S/C8H13N3S/c9-8(12)3-1-2-5-11-6-4-10-7-11/h4,6-7H,1-3,5H2,(H2,9,12). The van der Waals surface area contributed by atoms with Crippen LogP contribution in [0, 0.1) is 0 Å². The third kappa shape index (κ3) is 3.48. The lowest BCUT2D eigenvalue weighted by Crippen LogP contribution is -2.07. The molecule has 0 bridgehead atoms. The molecule has 0 atom stereocenters. The minimum atomic E-state index is 0.612. The van der Waals surface area contributed by atoms with Gasteiger partial charge >= 0.3 is 0 Å². The molecule has 0 fully saturated rings. The molecule has 12 heavy (non-hydrogen) atoms. The molecule has 0 amide bonds. The van der Waals surface area contributed by atoms with Crippen LogP contribution in [-0.4, -0.2) is 14.5 Å². The van der Waals surface area contributed by atoms with Crippen LogP contribution in [0.2, 0.25) is 0 Å². The Morgan fingerprint density at radius 3 is 2.92 bits per heavy atom. The number of nitrogens with zero attached hydrogens (tertiary/aromatic N) is 2. The van der Waals surface area contributed by atoms with Gasteiger partial charge in [0.15, 0.2) is 0 Å². The predicted octanol–water partition coefficient (Wildman–Crippen LogP) is 1.34. The molecule has 1 aromatic heterocycles. The summed E-state index contributed by atoms with van der Waals surface area (Å²) in [5.74, 6) is 0. The van der Waals surface area contributed by atoms with Gasteiger partial charge in [-0.1, -0.05) is 12.2 Å². The second-order valence-corrected chi connectivity index (χ2v) is 3.25. The summed E-state index contributed by atoms with van der Waals surface area (Å²) >= 11 is 4.77. The van der Waals surface area contributed by atoms with Crippen LogP contribution in [0.1, 0.15) is 19.3 Å². The number of imidazole rings is 1. The van der Waals surface area contributed by atoms with Crippen molar-refractivity contribution < 1.29 is 0 Å². The van der Waals surface area contributed by atoms with Crippen LogP contribution in [0.15, 0.2) is 18.7 Å². The van der Waals surface area contributed by atoms with Gasteiger partial charge in [0, 0.05) is 18.9 Å². The lowest BCUT2D eigenvalue weighted by atomic mass is 10.2. The predicted molar refractivity (Wildman–Crippen MR) is 52.9 cm³/mol. The van der Waals surface area contributed by atoms with Crippen molar-refractivity contribution >= 4 is 17.2 Å². The van der Waals surface area contributed by atoms with Crippen molar-refractivity contribution in [1.29, 1.82) is 0 Å². The van der Waals surface area contributed by atoms with Crippen LogP contribution in [-0.2, 0) is 6.54 Å². The van der Waals surface area contributed by atoms with E-state index in [-0.39, 0.29) is 0 Å². The molecule has 0 radical (unpaired) electrons. The minimum absolute atomic E-state index is 0.612. The van der Waals surface area contributed by atoms with Gasteiger partial charge in [0.05, 0.1) is 11.3 Å². The summed E-state index contributed by atoms with van der Waals surface area (Å²) in [4.78, 5) is 4.56. The van der Waals surface area contributed by atoms with E-state index in [4.69, 9.17) is 18.0 Å². The first-order chi connectivity index (χ1) is 5.79. The highest BCUT2D eigenvalue weighted by molar-refractivity contribution is 7.80. The second kappa shape index (κ2) is 4.87. The molecule has 66 valence electrons. The Bertz CT molecular complexity index is 230. The molecule has 0 aliphatic heterocycles. The maximum atomic E-state index is 5.36. The molecule has 3 nitrogen and oxygen atoms in total. The Balaban J connectivity index is 2.07. The molecule has 0 saturated carbocycles. The fourth-order valence-electron chi connectivity index (χ4n) is 1.01. The highest BCUT2D eigenvalue weighted by atomic mass is 32.1. The van der Waals surface area contributed by atoms with Crippen molar-refractivity contribution in [1.82, 2.24) is 9.55 Å². The van der Waals surface area contributed by atoms with Gasteiger partial charge in [-0.25, -0.2) is 4.98 Å². The summed E-state index contributed by atoms with van der Waals surface area (Å²) in [6.45, 7) is 1.00. The van der Waals surface area contributed by atoms with Crippen molar-refractivity contribution in [3.63, 3.8) is 0 Å². The number of unbranched alkanes of at least 4 members (excludes halogenated alkanes) is 1. The lowest BCUT2D eigenvalue weighted by Gasteiger charge is -2.00. The van der Waals surface area contributed by atoms with E-state index in [9.17, 15) is 0 Å². The maximum Gasteiger partial charge on any atom is 0.0945 e. The topological polar surface area (TPSA) is 43.8 Å². The number of rotatable bonds is 5. The number of hydrogen-bond acceptors (Lipinski definition) is 2. The quantitative estimate of drug-likeness (QED) is 0.553. The van der Waals surface area contributed by atoms with E-state index in [2.05, 4.69) is 9.55 Å². The van der Waals surface area contributed by atoms with Crippen LogP contribution in [0.5, 0.6) is 0 Å². The molecular weight excluding hydrogens is 170 g/mol. The van der Waals surface area contributed by atoms with Gasteiger partial charge < -0.3 is 10.3 Å². The molecule has 0 unspecified atom stereocenters. The molecule has 0 aliphatic rings. The van der Waals surface area contributed by atoms with Crippen LogP contribution in [0.3, 0.4) is 0 Å². The maximum absolute atomic E-state index is 5.36. The molecule has 1 heterocycles. The van der Waals surface area contributed by atoms with E-state index in [1.807, 2.05) is 12.5 Å². The van der Waals surface area contributed by atoms with Crippen LogP contribution < -0.4 is 5.73 Å². The van der Waals surface area contributed by atoms with E-state index in [1.54, 1.807) is 6.20 Å².